The average Bonchev–Trinajstić information content (AvgIpc) is 3.31. The van der Waals surface area contributed by atoms with Crippen LogP contribution in [0.3, 0.4) is 0 Å². The number of nitrogens with zero attached hydrogens (tertiary/aromatic N) is 4. The van der Waals surface area contributed by atoms with Gasteiger partial charge in [0.05, 0.1) is 25.5 Å². The number of rotatable bonds is 3. The van der Waals surface area contributed by atoms with Crippen LogP contribution < -0.4 is 15.2 Å². The fourth-order valence-corrected chi connectivity index (χ4v) is 4.80. The van der Waals surface area contributed by atoms with Crippen molar-refractivity contribution in [3.8, 4) is 5.88 Å². The Morgan fingerprint density at radius 2 is 2.15 bits per heavy atom. The first kappa shape index (κ1) is 23.0. The van der Waals surface area contributed by atoms with E-state index in [-0.39, 0.29) is 40.9 Å². The molecule has 2 aromatic heterocycles. The van der Waals surface area contributed by atoms with Crippen molar-refractivity contribution in [3.63, 3.8) is 0 Å². The molecule has 4 rings (SSSR count). The lowest BCUT2D eigenvalue weighted by Crippen LogP contribution is -2.21. The summed E-state index contributed by atoms with van der Waals surface area (Å²) in [4.78, 5) is 16.3. The lowest BCUT2D eigenvalue weighted by Gasteiger charge is -2.17. The van der Waals surface area contributed by atoms with E-state index in [9.17, 15) is 22.2 Å². The summed E-state index contributed by atoms with van der Waals surface area (Å²) in [6, 6.07) is -1.15. The maximum atomic E-state index is 13.4. The molecule has 0 spiro atoms. The second-order valence-electron chi connectivity index (χ2n) is 7.49. The average molecular weight is 486 g/mol. The largest absolute Gasteiger partial charge is 0.498 e. The van der Waals surface area contributed by atoms with Crippen LogP contribution in [0.1, 0.15) is 28.9 Å². The number of carbonyl (C=O) groups excluding carboxylic acids is 1. The third-order valence-electron chi connectivity index (χ3n) is 5.37. The fourth-order valence-electron chi connectivity index (χ4n) is 3.79. The molecule has 0 fully saturated rings. The first-order valence-electron chi connectivity index (χ1n) is 9.88. The SMILES string of the molecule is COC1=CCn2ncc(S(N)(=O)=NC(=O)Nc3c(C)c(C(F)(F)F)nc4c3CCC4)c2OC1. The maximum Gasteiger partial charge on any atom is 0.433 e. The van der Waals surface area contributed by atoms with Gasteiger partial charge in [0.2, 0.25) is 5.88 Å². The molecule has 14 heteroatoms. The number of hydrogen-bond acceptors (Lipinski definition) is 6. The molecule has 0 saturated heterocycles. The van der Waals surface area contributed by atoms with Crippen LogP contribution in [0, 0.1) is 6.92 Å². The van der Waals surface area contributed by atoms with Crippen molar-refractivity contribution in [3.05, 3.63) is 40.5 Å². The van der Waals surface area contributed by atoms with Gasteiger partial charge in [-0.25, -0.2) is 23.8 Å². The highest BCUT2D eigenvalue weighted by Gasteiger charge is 2.38. The van der Waals surface area contributed by atoms with Crippen molar-refractivity contribution < 1.29 is 31.6 Å². The molecular weight excluding hydrogens is 465 g/mol. The van der Waals surface area contributed by atoms with Crippen LogP contribution in [0.4, 0.5) is 23.7 Å². The first-order chi connectivity index (χ1) is 15.5. The van der Waals surface area contributed by atoms with Gasteiger partial charge < -0.3 is 14.8 Å². The minimum absolute atomic E-state index is 0.0273. The van der Waals surface area contributed by atoms with Gasteiger partial charge in [0, 0.05) is 11.3 Å². The number of ether oxygens (including phenoxy) is 2. The summed E-state index contributed by atoms with van der Waals surface area (Å²) in [6.45, 7) is 1.50. The number of alkyl halides is 3. The monoisotopic (exact) mass is 486 g/mol. The number of methoxy groups -OCH3 is 1. The van der Waals surface area contributed by atoms with Gasteiger partial charge in [-0.3, -0.25) is 0 Å². The topological polar surface area (TPSA) is 134 Å². The second kappa shape index (κ2) is 8.33. The van der Waals surface area contributed by atoms with E-state index in [0.717, 1.165) is 0 Å². The number of amides is 2. The van der Waals surface area contributed by atoms with E-state index in [1.54, 1.807) is 6.08 Å². The van der Waals surface area contributed by atoms with E-state index in [1.165, 1.54) is 24.9 Å². The number of pyridine rings is 1. The minimum Gasteiger partial charge on any atom is -0.498 e. The zero-order valence-electron chi connectivity index (χ0n) is 17.7. The van der Waals surface area contributed by atoms with E-state index >= 15 is 0 Å². The van der Waals surface area contributed by atoms with Crippen LogP contribution in [0.2, 0.25) is 0 Å². The molecule has 0 bridgehead atoms. The van der Waals surface area contributed by atoms with Crippen molar-refractivity contribution in [2.24, 2.45) is 9.50 Å². The highest BCUT2D eigenvalue weighted by Crippen LogP contribution is 2.39. The number of halogens is 3. The van der Waals surface area contributed by atoms with Crippen LogP contribution in [-0.4, -0.2) is 38.7 Å². The molecular formula is C19H21F3N6O4S. The summed E-state index contributed by atoms with van der Waals surface area (Å²) in [5.74, 6) is 0.579. The zero-order valence-corrected chi connectivity index (χ0v) is 18.5. The van der Waals surface area contributed by atoms with Crippen LogP contribution in [0.25, 0.3) is 0 Å². The highest BCUT2D eigenvalue weighted by atomic mass is 32.2. The molecule has 0 aromatic carbocycles. The van der Waals surface area contributed by atoms with E-state index in [0.29, 0.717) is 30.6 Å². The Morgan fingerprint density at radius 1 is 1.39 bits per heavy atom. The Balaban J connectivity index is 1.67. The first-order valence-corrected chi connectivity index (χ1v) is 11.5. The van der Waals surface area contributed by atoms with Crippen molar-refractivity contribution in [1.82, 2.24) is 14.8 Å². The number of carbonyl (C=O) groups is 1. The van der Waals surface area contributed by atoms with Gasteiger partial charge in [-0.2, -0.15) is 18.3 Å². The summed E-state index contributed by atoms with van der Waals surface area (Å²) in [5, 5.41) is 12.3. The summed E-state index contributed by atoms with van der Waals surface area (Å²) < 4.78 is 69.0. The van der Waals surface area contributed by atoms with E-state index in [4.69, 9.17) is 14.6 Å². The predicted molar refractivity (Wildman–Crippen MR) is 111 cm³/mol. The molecule has 1 aliphatic heterocycles. The van der Waals surface area contributed by atoms with Crippen LogP contribution in [0.5, 0.6) is 5.88 Å². The van der Waals surface area contributed by atoms with E-state index in [1.807, 2.05) is 0 Å². The molecule has 0 radical (unpaired) electrons. The summed E-state index contributed by atoms with van der Waals surface area (Å²) >= 11 is 0. The van der Waals surface area contributed by atoms with Gasteiger partial charge in [0.1, 0.15) is 23.0 Å². The number of aromatic nitrogens is 3. The molecule has 3 heterocycles. The van der Waals surface area contributed by atoms with Gasteiger partial charge >= 0.3 is 12.2 Å². The van der Waals surface area contributed by atoms with Gasteiger partial charge in [-0.1, -0.05) is 0 Å². The molecule has 0 saturated carbocycles. The van der Waals surface area contributed by atoms with Crippen LogP contribution in [0.15, 0.2) is 27.3 Å². The van der Waals surface area contributed by atoms with Gasteiger partial charge in [-0.05, 0) is 37.8 Å². The molecule has 1 atom stereocenters. The standard InChI is InChI=1S/C19H21F3N6O4S/c1-10-15(12-4-3-5-13(12)25-16(10)19(20,21)22)26-18(29)27-33(23,30)14-8-24-28-7-6-11(31-2)9-32-17(14)28/h6,8H,3-5,7,9H2,1-2H3,(H3,23,25,26,27,29,30). The molecule has 2 aliphatic rings. The molecule has 10 nitrogen and oxygen atoms in total. The third kappa shape index (κ3) is 4.39. The molecule has 33 heavy (non-hydrogen) atoms. The van der Waals surface area contributed by atoms with Gasteiger partial charge in [-0.15, -0.1) is 4.36 Å². The lowest BCUT2D eigenvalue weighted by atomic mass is 10.1. The molecule has 3 N–H and O–H groups in total. The zero-order chi connectivity index (χ0) is 24.0. The molecule has 1 unspecified atom stereocenters. The van der Waals surface area contributed by atoms with E-state index < -0.39 is 27.8 Å². The van der Waals surface area contributed by atoms with Crippen LogP contribution in [-0.2, 0) is 40.2 Å². The number of allylic oxidation sites excluding steroid dienone is 1. The smallest absolute Gasteiger partial charge is 0.433 e. The Hall–Kier alpha value is -3.13. The molecule has 2 aromatic rings. The normalized spacial score (nSPS) is 17.1. The van der Waals surface area contributed by atoms with Crippen molar-refractivity contribution in [2.75, 3.05) is 19.0 Å². The number of hydrogen-bond donors (Lipinski definition) is 2. The fraction of sp³-hybridized carbons (Fsp3) is 0.421. The quantitative estimate of drug-likeness (QED) is 0.685. The summed E-state index contributed by atoms with van der Waals surface area (Å²) in [6.07, 6.45) is -0.383. The number of aryl methyl sites for hydroxylation is 1. The molecule has 1 aliphatic carbocycles. The summed E-state index contributed by atoms with van der Waals surface area (Å²) in [7, 11) is -2.36. The minimum atomic E-state index is -4.69. The second-order valence-corrected chi connectivity index (χ2v) is 9.25. The van der Waals surface area contributed by atoms with Crippen LogP contribution >= 0.6 is 0 Å². The summed E-state index contributed by atoms with van der Waals surface area (Å²) in [5.41, 5.74) is -0.574. The Bertz CT molecular complexity index is 1280. The van der Waals surface area contributed by atoms with Crippen molar-refractivity contribution in [1.29, 1.82) is 0 Å². The Kier molecular flexibility index (Phi) is 5.82. The molecule has 2 amide bonds. The number of fused-ring (bicyclic) bond motifs is 2. The number of anilines is 1. The van der Waals surface area contributed by atoms with Crippen molar-refractivity contribution in [2.45, 2.75) is 43.8 Å². The Labute approximate surface area is 187 Å². The number of urea groups is 1. The number of nitrogens with two attached hydrogens (primary N) is 1. The lowest BCUT2D eigenvalue weighted by molar-refractivity contribution is -0.141. The Morgan fingerprint density at radius 3 is 2.85 bits per heavy atom. The van der Waals surface area contributed by atoms with Gasteiger partial charge in [0.25, 0.3) is 0 Å². The van der Waals surface area contributed by atoms with Gasteiger partial charge in [0.15, 0.2) is 9.92 Å². The predicted octanol–water partition coefficient (Wildman–Crippen LogP) is 2.95. The third-order valence-corrected chi connectivity index (χ3v) is 6.71. The highest BCUT2D eigenvalue weighted by molar-refractivity contribution is 7.91. The van der Waals surface area contributed by atoms with Crippen molar-refractivity contribution >= 4 is 21.6 Å². The van der Waals surface area contributed by atoms with E-state index in [2.05, 4.69) is 19.8 Å². The molecule has 178 valence electrons. The number of nitrogens with one attached hydrogen (secondary N) is 1. The maximum absolute atomic E-state index is 13.4.